The van der Waals surface area contributed by atoms with Crippen molar-refractivity contribution in [3.8, 4) is 0 Å². The summed E-state index contributed by atoms with van der Waals surface area (Å²) in [6.45, 7) is 10.3. The molecule has 0 aliphatic carbocycles. The Kier molecular flexibility index (Phi) is 6.95. The van der Waals surface area contributed by atoms with Gasteiger partial charge >= 0.3 is 0 Å². The van der Waals surface area contributed by atoms with Gasteiger partial charge in [0.2, 0.25) is 0 Å². The van der Waals surface area contributed by atoms with Gasteiger partial charge < -0.3 is 10.2 Å². The second-order valence-corrected chi connectivity index (χ2v) is 6.89. The van der Waals surface area contributed by atoms with E-state index in [1.165, 1.54) is 0 Å². The number of aromatic nitrogens is 3. The number of amides is 1. The Morgan fingerprint density at radius 2 is 1.96 bits per heavy atom. The molecule has 1 atom stereocenters. The molecule has 0 bridgehead atoms. The van der Waals surface area contributed by atoms with Gasteiger partial charge in [-0.05, 0) is 38.9 Å². The molecule has 2 aromatic rings. The molecule has 0 saturated carbocycles. The van der Waals surface area contributed by atoms with Crippen LogP contribution in [0.4, 0.5) is 0 Å². The van der Waals surface area contributed by atoms with Crippen LogP contribution in [0.1, 0.15) is 37.6 Å². The summed E-state index contributed by atoms with van der Waals surface area (Å²) >= 11 is 0. The first-order valence-electron chi connectivity index (χ1n) is 9.90. The Balaban J connectivity index is 1.82. The van der Waals surface area contributed by atoms with Crippen molar-refractivity contribution in [2.75, 3.05) is 39.3 Å². The van der Waals surface area contributed by atoms with Crippen molar-refractivity contribution < 1.29 is 4.79 Å². The van der Waals surface area contributed by atoms with E-state index in [-0.39, 0.29) is 5.91 Å². The number of rotatable bonds is 7. The third-order valence-corrected chi connectivity index (χ3v) is 5.06. The number of carbonyl (C=O) groups is 1. The van der Waals surface area contributed by atoms with E-state index in [4.69, 9.17) is 0 Å². The molecule has 7 nitrogen and oxygen atoms in total. The zero-order valence-electron chi connectivity index (χ0n) is 16.3. The van der Waals surface area contributed by atoms with Gasteiger partial charge in [-0.2, -0.15) is 0 Å². The van der Waals surface area contributed by atoms with Crippen molar-refractivity contribution >= 4 is 5.91 Å². The van der Waals surface area contributed by atoms with Gasteiger partial charge in [-0.25, -0.2) is 4.68 Å². The normalized spacial score (nSPS) is 16.7. The van der Waals surface area contributed by atoms with E-state index in [1.54, 1.807) is 4.68 Å². The summed E-state index contributed by atoms with van der Waals surface area (Å²) in [7, 11) is 0. The molecule has 146 valence electrons. The van der Waals surface area contributed by atoms with E-state index in [9.17, 15) is 4.79 Å². The lowest BCUT2D eigenvalue weighted by Gasteiger charge is -2.25. The van der Waals surface area contributed by atoms with Crippen molar-refractivity contribution in [1.82, 2.24) is 30.1 Å². The molecule has 2 heterocycles. The van der Waals surface area contributed by atoms with Crippen molar-refractivity contribution in [2.45, 2.75) is 32.9 Å². The Bertz CT molecular complexity index is 704. The number of hydrogen-bond acceptors (Lipinski definition) is 5. The van der Waals surface area contributed by atoms with Crippen molar-refractivity contribution in [3.63, 3.8) is 0 Å². The van der Waals surface area contributed by atoms with Crippen molar-refractivity contribution in [2.24, 2.45) is 0 Å². The summed E-state index contributed by atoms with van der Waals surface area (Å²) in [5.41, 5.74) is 1.84. The van der Waals surface area contributed by atoms with Crippen LogP contribution in [0, 0.1) is 0 Å². The van der Waals surface area contributed by atoms with Crippen LogP contribution in [0.15, 0.2) is 36.5 Å². The molecular formula is C20H30N6O. The number of nitrogens with one attached hydrogen (secondary N) is 1. The number of hydrogen-bond donors (Lipinski definition) is 1. The molecular weight excluding hydrogens is 340 g/mol. The highest BCUT2D eigenvalue weighted by Gasteiger charge is 2.27. The zero-order chi connectivity index (χ0) is 19.1. The van der Waals surface area contributed by atoms with Gasteiger partial charge in [0.15, 0.2) is 6.04 Å². The highest BCUT2D eigenvalue weighted by Crippen LogP contribution is 2.21. The maximum absolute atomic E-state index is 13.2. The van der Waals surface area contributed by atoms with Gasteiger partial charge in [-0.15, -0.1) is 5.10 Å². The average Bonchev–Trinajstić information content (AvgIpc) is 2.98. The van der Waals surface area contributed by atoms with Gasteiger partial charge in [-0.3, -0.25) is 9.69 Å². The monoisotopic (exact) mass is 370 g/mol. The third-order valence-electron chi connectivity index (χ3n) is 5.06. The first-order valence-corrected chi connectivity index (χ1v) is 9.90. The van der Waals surface area contributed by atoms with Gasteiger partial charge in [0.05, 0.1) is 11.9 Å². The molecule has 1 N–H and O–H groups in total. The van der Waals surface area contributed by atoms with Crippen LogP contribution >= 0.6 is 0 Å². The molecule has 0 radical (unpaired) electrons. The largest absolute Gasteiger partial charge is 0.341 e. The molecule has 0 spiro atoms. The topological polar surface area (TPSA) is 66.3 Å². The summed E-state index contributed by atoms with van der Waals surface area (Å²) in [5.74, 6) is 0.0571. The molecule has 1 aromatic carbocycles. The van der Waals surface area contributed by atoms with Crippen LogP contribution in [-0.2, 0) is 11.3 Å². The Hall–Kier alpha value is -2.25. The second-order valence-electron chi connectivity index (χ2n) is 6.89. The number of benzene rings is 1. The lowest BCUT2D eigenvalue weighted by atomic mass is 10.1. The molecule has 3 rings (SSSR count). The fourth-order valence-electron chi connectivity index (χ4n) is 3.55. The van der Waals surface area contributed by atoms with Gasteiger partial charge in [-0.1, -0.05) is 35.5 Å². The van der Waals surface area contributed by atoms with E-state index in [2.05, 4.69) is 20.5 Å². The minimum absolute atomic E-state index is 0.0571. The SMILES string of the molecule is CCN(CC)C(=O)C(c1ccccc1)n1cc(CN2CCCNCC2)nn1. The molecule has 7 heteroatoms. The molecule has 1 fully saturated rings. The lowest BCUT2D eigenvalue weighted by molar-refractivity contribution is -0.133. The molecule has 27 heavy (non-hydrogen) atoms. The minimum Gasteiger partial charge on any atom is -0.341 e. The van der Waals surface area contributed by atoms with E-state index < -0.39 is 6.04 Å². The average molecular weight is 371 g/mol. The molecule has 1 aliphatic heterocycles. The number of carbonyl (C=O) groups excluding carboxylic acids is 1. The minimum atomic E-state index is -0.474. The highest BCUT2D eigenvalue weighted by atomic mass is 16.2. The molecule has 1 aliphatic rings. The van der Waals surface area contributed by atoms with Crippen LogP contribution < -0.4 is 5.32 Å². The molecule has 1 unspecified atom stereocenters. The first-order chi connectivity index (χ1) is 13.2. The quantitative estimate of drug-likeness (QED) is 0.801. The number of likely N-dealkylation sites (N-methyl/N-ethyl adjacent to an activating group) is 1. The van der Waals surface area contributed by atoms with E-state index in [0.29, 0.717) is 13.1 Å². The Morgan fingerprint density at radius 1 is 1.19 bits per heavy atom. The predicted octanol–water partition coefficient (Wildman–Crippen LogP) is 1.53. The smallest absolute Gasteiger partial charge is 0.252 e. The van der Waals surface area contributed by atoms with Crippen molar-refractivity contribution in [1.29, 1.82) is 0 Å². The maximum atomic E-state index is 13.2. The third kappa shape index (κ3) is 4.93. The van der Waals surface area contributed by atoms with E-state index in [0.717, 1.165) is 50.4 Å². The van der Waals surface area contributed by atoms with Crippen LogP contribution in [0.25, 0.3) is 0 Å². The maximum Gasteiger partial charge on any atom is 0.252 e. The molecule has 1 amide bonds. The Labute approximate surface area is 161 Å². The van der Waals surface area contributed by atoms with Gasteiger partial charge in [0, 0.05) is 32.7 Å². The van der Waals surface area contributed by atoms with Crippen LogP contribution in [0.5, 0.6) is 0 Å². The lowest BCUT2D eigenvalue weighted by Crippen LogP contribution is -2.37. The van der Waals surface area contributed by atoms with Crippen LogP contribution in [-0.4, -0.2) is 70.0 Å². The zero-order valence-corrected chi connectivity index (χ0v) is 16.3. The first kappa shape index (κ1) is 19.5. The summed E-state index contributed by atoms with van der Waals surface area (Å²) < 4.78 is 1.72. The molecule has 1 aromatic heterocycles. The standard InChI is InChI=1S/C20H30N6O/c1-3-25(4-2)20(27)19(17-9-6-5-7-10-17)26-16-18(22-23-26)15-24-13-8-11-21-12-14-24/h5-7,9-10,16,19,21H,3-4,8,11-15H2,1-2H3. The van der Waals surface area contributed by atoms with E-state index in [1.807, 2.05) is 55.3 Å². The van der Waals surface area contributed by atoms with Crippen LogP contribution in [0.2, 0.25) is 0 Å². The summed E-state index contributed by atoms with van der Waals surface area (Å²) in [6.07, 6.45) is 3.07. The fourth-order valence-corrected chi connectivity index (χ4v) is 3.55. The van der Waals surface area contributed by atoms with Crippen LogP contribution in [0.3, 0.4) is 0 Å². The van der Waals surface area contributed by atoms with Gasteiger partial charge in [0.25, 0.3) is 5.91 Å². The van der Waals surface area contributed by atoms with E-state index >= 15 is 0 Å². The summed E-state index contributed by atoms with van der Waals surface area (Å²) in [4.78, 5) is 17.4. The highest BCUT2D eigenvalue weighted by molar-refractivity contribution is 5.83. The fraction of sp³-hybridized carbons (Fsp3) is 0.550. The van der Waals surface area contributed by atoms with Gasteiger partial charge in [0.1, 0.15) is 0 Å². The summed E-state index contributed by atoms with van der Waals surface area (Å²) in [6, 6.07) is 9.36. The Morgan fingerprint density at radius 3 is 2.70 bits per heavy atom. The molecule has 1 saturated heterocycles. The number of nitrogens with zero attached hydrogens (tertiary/aromatic N) is 5. The summed E-state index contributed by atoms with van der Waals surface area (Å²) in [5, 5.41) is 12.1. The second kappa shape index (κ2) is 9.62. The van der Waals surface area contributed by atoms with Crippen molar-refractivity contribution in [3.05, 3.63) is 47.8 Å². The predicted molar refractivity (Wildman–Crippen MR) is 105 cm³/mol.